The molecule has 0 saturated heterocycles. The summed E-state index contributed by atoms with van der Waals surface area (Å²) in [4.78, 5) is 17.8. The second kappa shape index (κ2) is 10.5. The van der Waals surface area contributed by atoms with E-state index in [0.717, 1.165) is 19.6 Å². The Hall–Kier alpha value is -1.26. The third-order valence-electron chi connectivity index (χ3n) is 2.81. The average molecular weight is 315 g/mol. The van der Waals surface area contributed by atoms with Gasteiger partial charge in [-0.2, -0.15) is 4.99 Å². The van der Waals surface area contributed by atoms with Gasteiger partial charge in [0, 0.05) is 6.54 Å². The lowest BCUT2D eigenvalue weighted by molar-refractivity contribution is 0.0466. The van der Waals surface area contributed by atoms with E-state index < -0.39 is 0 Å². The summed E-state index contributed by atoms with van der Waals surface area (Å²) in [5.41, 5.74) is 1.19. The summed E-state index contributed by atoms with van der Waals surface area (Å²) in [6.07, 6.45) is 0. The van der Waals surface area contributed by atoms with Crippen LogP contribution in [0.15, 0.2) is 29.3 Å². The van der Waals surface area contributed by atoms with Gasteiger partial charge in [0.2, 0.25) is 0 Å². The van der Waals surface area contributed by atoms with Crippen LogP contribution in [0, 0.1) is 0 Å². The minimum Gasteiger partial charge on any atom is -0.461 e. The molecule has 0 radical (unpaired) electrons. The molecule has 0 N–H and O–H groups in total. The molecule has 0 bridgehead atoms. The number of esters is 1. The number of ether oxygens (including phenoxy) is 1. The summed E-state index contributed by atoms with van der Waals surface area (Å²) in [6.45, 7) is 7.24. The van der Waals surface area contributed by atoms with E-state index in [1.54, 1.807) is 24.3 Å². The zero-order chi connectivity index (χ0) is 14.1. The molecule has 1 aromatic rings. The molecule has 0 atom stereocenters. The third-order valence-corrected chi connectivity index (χ3v) is 2.90. The fourth-order valence-corrected chi connectivity index (χ4v) is 1.72. The number of hydrogen-bond donors (Lipinski definition) is 0. The van der Waals surface area contributed by atoms with Crippen LogP contribution in [0.3, 0.4) is 0 Å². The van der Waals surface area contributed by atoms with Crippen molar-refractivity contribution in [3.63, 3.8) is 0 Å². The van der Waals surface area contributed by atoms with Crippen LogP contribution in [0.5, 0.6) is 0 Å². The van der Waals surface area contributed by atoms with E-state index in [1.807, 2.05) is 0 Å². The summed E-state index contributed by atoms with van der Waals surface area (Å²) in [7, 11) is 0. The molecule has 0 heterocycles. The van der Waals surface area contributed by atoms with Gasteiger partial charge in [-0.3, -0.25) is 0 Å². The fraction of sp³-hybridized carbons (Fsp3) is 0.429. The van der Waals surface area contributed by atoms with E-state index in [1.165, 1.54) is 0 Å². The number of benzene rings is 1. The van der Waals surface area contributed by atoms with Crippen LogP contribution in [0.1, 0.15) is 24.2 Å². The number of rotatable bonds is 7. The lowest BCUT2D eigenvalue weighted by atomic mass is 10.2. The van der Waals surface area contributed by atoms with E-state index in [4.69, 9.17) is 4.74 Å². The summed E-state index contributed by atoms with van der Waals surface area (Å²) in [6, 6.07) is 6.76. The zero-order valence-electron chi connectivity index (χ0n) is 11.7. The van der Waals surface area contributed by atoms with Gasteiger partial charge in [0.25, 0.3) is 0 Å². The largest absolute Gasteiger partial charge is 0.461 e. The van der Waals surface area contributed by atoms with Crippen LogP contribution in [-0.2, 0) is 4.74 Å². The van der Waals surface area contributed by atoms with E-state index in [-0.39, 0.29) is 18.4 Å². The van der Waals surface area contributed by atoms with E-state index >= 15 is 0 Å². The quantitative estimate of drug-likeness (QED) is 0.440. The van der Waals surface area contributed by atoms with Crippen molar-refractivity contribution in [1.29, 1.82) is 0 Å². The Morgan fingerprint density at radius 2 is 1.90 bits per heavy atom. The standard InChI is InChI=1S/C14H18N2O2S.ClH/c1-3-16(4-2)9-10-18-14(17)12-5-7-13(8-6-12)15-11-19;/h5-8H,3-4,9-10H2,1-2H3;1H. The highest BCUT2D eigenvalue weighted by atomic mass is 35.5. The highest BCUT2D eigenvalue weighted by Crippen LogP contribution is 2.12. The molecule has 0 aliphatic rings. The van der Waals surface area contributed by atoms with Crippen molar-refractivity contribution in [2.45, 2.75) is 13.8 Å². The van der Waals surface area contributed by atoms with Crippen LogP contribution < -0.4 is 0 Å². The summed E-state index contributed by atoms with van der Waals surface area (Å²) in [5, 5.41) is 2.28. The summed E-state index contributed by atoms with van der Waals surface area (Å²) < 4.78 is 5.21. The van der Waals surface area contributed by atoms with Crippen molar-refractivity contribution in [2.24, 2.45) is 4.99 Å². The number of carbonyl (C=O) groups is 1. The van der Waals surface area contributed by atoms with Gasteiger partial charge in [0.15, 0.2) is 0 Å². The lowest BCUT2D eigenvalue weighted by Crippen LogP contribution is -2.27. The Bertz CT molecular complexity index is 455. The van der Waals surface area contributed by atoms with Crippen molar-refractivity contribution in [3.05, 3.63) is 29.8 Å². The Morgan fingerprint density at radius 3 is 2.40 bits per heavy atom. The van der Waals surface area contributed by atoms with Crippen molar-refractivity contribution < 1.29 is 9.53 Å². The van der Waals surface area contributed by atoms with E-state index in [2.05, 4.69) is 41.1 Å². The third kappa shape index (κ3) is 6.26. The number of hydrogen-bond acceptors (Lipinski definition) is 5. The second-order valence-electron chi connectivity index (χ2n) is 3.91. The molecular weight excluding hydrogens is 296 g/mol. The first kappa shape index (κ1) is 18.7. The second-order valence-corrected chi connectivity index (χ2v) is 4.10. The van der Waals surface area contributed by atoms with Crippen molar-refractivity contribution in [1.82, 2.24) is 4.90 Å². The number of carbonyl (C=O) groups excluding carboxylic acids is 1. The predicted octanol–water partition coefficient (Wildman–Crippen LogP) is 3.34. The SMILES string of the molecule is CCN(CC)CCOC(=O)c1ccc(N=C=S)cc1.Cl. The van der Waals surface area contributed by atoms with Crippen LogP contribution in [-0.4, -0.2) is 42.3 Å². The van der Waals surface area contributed by atoms with Crippen LogP contribution >= 0.6 is 24.6 Å². The molecule has 0 amide bonds. The lowest BCUT2D eigenvalue weighted by Gasteiger charge is -2.17. The first-order chi connectivity index (χ1) is 9.21. The fourth-order valence-electron chi connectivity index (χ4n) is 1.62. The van der Waals surface area contributed by atoms with Crippen molar-refractivity contribution >= 4 is 41.4 Å². The minimum absolute atomic E-state index is 0. The van der Waals surface area contributed by atoms with Gasteiger partial charge in [-0.1, -0.05) is 13.8 Å². The van der Waals surface area contributed by atoms with E-state index in [9.17, 15) is 4.79 Å². The van der Waals surface area contributed by atoms with Gasteiger partial charge < -0.3 is 9.64 Å². The molecule has 0 spiro atoms. The Labute approximate surface area is 131 Å². The predicted molar refractivity (Wildman–Crippen MR) is 86.4 cm³/mol. The maximum absolute atomic E-state index is 11.8. The van der Waals surface area contributed by atoms with Crippen LogP contribution in [0.2, 0.25) is 0 Å². The highest BCUT2D eigenvalue weighted by molar-refractivity contribution is 7.78. The molecule has 0 unspecified atom stereocenters. The molecule has 0 aromatic heterocycles. The van der Waals surface area contributed by atoms with Gasteiger partial charge in [0.1, 0.15) is 6.61 Å². The van der Waals surface area contributed by atoms with Gasteiger partial charge in [-0.25, -0.2) is 4.79 Å². The summed E-state index contributed by atoms with van der Waals surface area (Å²) in [5.74, 6) is -0.315. The first-order valence-corrected chi connectivity index (χ1v) is 6.69. The number of isothiocyanates is 1. The first-order valence-electron chi connectivity index (χ1n) is 6.28. The minimum atomic E-state index is -0.315. The Morgan fingerprint density at radius 1 is 1.30 bits per heavy atom. The van der Waals surface area contributed by atoms with Gasteiger partial charge in [-0.15, -0.1) is 12.4 Å². The zero-order valence-corrected chi connectivity index (χ0v) is 13.3. The topological polar surface area (TPSA) is 41.9 Å². The molecule has 1 rings (SSSR count). The molecule has 0 aliphatic heterocycles. The maximum Gasteiger partial charge on any atom is 0.338 e. The average Bonchev–Trinajstić information content (AvgIpc) is 2.44. The summed E-state index contributed by atoms with van der Waals surface area (Å²) >= 11 is 4.51. The van der Waals surface area contributed by atoms with Crippen molar-refractivity contribution in [2.75, 3.05) is 26.2 Å². The Kier molecular flexibility index (Phi) is 9.86. The molecule has 0 saturated carbocycles. The number of likely N-dealkylation sites (N-methyl/N-ethyl adjacent to an activating group) is 1. The van der Waals surface area contributed by atoms with Gasteiger partial charge in [-0.05, 0) is 49.6 Å². The molecule has 6 heteroatoms. The number of halogens is 1. The Balaban J connectivity index is 0.00000361. The highest BCUT2D eigenvalue weighted by Gasteiger charge is 2.07. The molecule has 0 fully saturated rings. The molecular formula is C14H19ClN2O2S. The number of aliphatic imine (C=N–C) groups is 1. The maximum atomic E-state index is 11.8. The van der Waals surface area contributed by atoms with Crippen LogP contribution in [0.25, 0.3) is 0 Å². The molecule has 0 aliphatic carbocycles. The van der Waals surface area contributed by atoms with Crippen molar-refractivity contribution in [3.8, 4) is 0 Å². The van der Waals surface area contributed by atoms with E-state index in [0.29, 0.717) is 17.9 Å². The van der Waals surface area contributed by atoms with Gasteiger partial charge in [0.05, 0.1) is 16.4 Å². The smallest absolute Gasteiger partial charge is 0.338 e. The monoisotopic (exact) mass is 314 g/mol. The van der Waals surface area contributed by atoms with Crippen LogP contribution in [0.4, 0.5) is 5.69 Å². The molecule has 110 valence electrons. The molecule has 4 nitrogen and oxygen atoms in total. The number of thiocarbonyl (C=S) groups is 1. The number of nitrogens with zero attached hydrogens (tertiary/aromatic N) is 2. The molecule has 20 heavy (non-hydrogen) atoms. The normalized spacial score (nSPS) is 9.55. The molecule has 1 aromatic carbocycles. The van der Waals surface area contributed by atoms with Gasteiger partial charge >= 0.3 is 5.97 Å².